The molecular formula is C21H26N2O5S. The van der Waals surface area contributed by atoms with Gasteiger partial charge in [0.25, 0.3) is 11.1 Å². The van der Waals surface area contributed by atoms with Gasteiger partial charge in [-0.05, 0) is 54.3 Å². The lowest BCUT2D eigenvalue weighted by molar-refractivity contribution is -0.130. The van der Waals surface area contributed by atoms with Crippen molar-refractivity contribution in [2.75, 3.05) is 20.8 Å². The van der Waals surface area contributed by atoms with E-state index >= 15 is 0 Å². The van der Waals surface area contributed by atoms with Crippen LogP contribution in [0.1, 0.15) is 38.2 Å². The molecule has 2 atom stereocenters. The molecule has 1 aliphatic heterocycles. The highest BCUT2D eigenvalue weighted by Gasteiger charge is 2.37. The van der Waals surface area contributed by atoms with Crippen molar-refractivity contribution in [1.29, 1.82) is 0 Å². The van der Waals surface area contributed by atoms with E-state index in [9.17, 15) is 14.4 Å². The molecule has 0 bridgehead atoms. The Labute approximate surface area is 174 Å². The number of methoxy groups -OCH3 is 2. The van der Waals surface area contributed by atoms with E-state index in [1.807, 2.05) is 0 Å². The molecule has 8 heteroatoms. The topological polar surface area (TPSA) is 84.9 Å². The van der Waals surface area contributed by atoms with Crippen molar-refractivity contribution in [3.63, 3.8) is 0 Å². The van der Waals surface area contributed by atoms with Crippen LogP contribution in [0.15, 0.2) is 23.1 Å². The zero-order chi connectivity index (χ0) is 21.0. The average Bonchev–Trinajstić information content (AvgIpc) is 2.97. The number of hydrogen-bond donors (Lipinski definition) is 1. The zero-order valence-electron chi connectivity index (χ0n) is 16.9. The smallest absolute Gasteiger partial charge is 0.294 e. The molecular weight excluding hydrogens is 392 g/mol. The summed E-state index contributed by atoms with van der Waals surface area (Å²) in [6.07, 6.45) is 5.91. The van der Waals surface area contributed by atoms with Crippen molar-refractivity contribution >= 4 is 34.9 Å². The van der Waals surface area contributed by atoms with Crippen molar-refractivity contribution in [3.05, 3.63) is 28.7 Å². The Morgan fingerprint density at radius 3 is 2.62 bits per heavy atom. The van der Waals surface area contributed by atoms with Gasteiger partial charge in [-0.1, -0.05) is 25.8 Å². The summed E-state index contributed by atoms with van der Waals surface area (Å²) in [6.45, 7) is 1.87. The molecule has 3 rings (SSSR count). The number of ether oxygens (including phenoxy) is 2. The third-order valence-corrected chi connectivity index (χ3v) is 6.25. The van der Waals surface area contributed by atoms with Gasteiger partial charge < -0.3 is 14.8 Å². The van der Waals surface area contributed by atoms with Crippen LogP contribution in [0.3, 0.4) is 0 Å². The molecule has 1 N–H and O–H groups in total. The van der Waals surface area contributed by atoms with Gasteiger partial charge in [-0.15, -0.1) is 0 Å². The predicted molar refractivity (Wildman–Crippen MR) is 112 cm³/mol. The van der Waals surface area contributed by atoms with Crippen LogP contribution in [0.2, 0.25) is 0 Å². The fourth-order valence-corrected chi connectivity index (χ4v) is 4.50. The molecule has 1 saturated carbocycles. The van der Waals surface area contributed by atoms with Crippen LogP contribution in [-0.4, -0.2) is 48.8 Å². The Morgan fingerprint density at radius 2 is 1.93 bits per heavy atom. The molecule has 7 nitrogen and oxygen atoms in total. The first-order valence-corrected chi connectivity index (χ1v) is 10.5. The quantitative estimate of drug-likeness (QED) is 0.713. The van der Waals surface area contributed by atoms with Crippen LogP contribution in [0.4, 0.5) is 4.79 Å². The molecule has 1 saturated heterocycles. The highest BCUT2D eigenvalue weighted by Crippen LogP contribution is 2.34. The van der Waals surface area contributed by atoms with Gasteiger partial charge in [0.15, 0.2) is 11.5 Å². The Kier molecular flexibility index (Phi) is 6.84. The maximum Gasteiger partial charge on any atom is 0.294 e. The average molecular weight is 419 g/mol. The number of carbonyl (C=O) groups is 3. The van der Waals surface area contributed by atoms with E-state index in [2.05, 4.69) is 12.2 Å². The molecule has 1 aromatic carbocycles. The van der Waals surface area contributed by atoms with Crippen LogP contribution < -0.4 is 14.8 Å². The lowest BCUT2D eigenvalue weighted by Gasteiger charge is -2.29. The normalized spacial score (nSPS) is 23.4. The van der Waals surface area contributed by atoms with Gasteiger partial charge in [-0.25, -0.2) is 0 Å². The first kappa shape index (κ1) is 21.2. The van der Waals surface area contributed by atoms with E-state index in [4.69, 9.17) is 9.47 Å². The van der Waals surface area contributed by atoms with Gasteiger partial charge in [0.2, 0.25) is 5.91 Å². The SMILES string of the molecule is COc1ccc(/C=C2\SC(=O)N(CC(=O)N[C@H]3CCCC[C@H]3C)C2=O)cc1OC. The van der Waals surface area contributed by atoms with Crippen molar-refractivity contribution in [2.45, 2.75) is 38.6 Å². The molecule has 2 fully saturated rings. The molecule has 1 heterocycles. The second-order valence-electron chi connectivity index (χ2n) is 7.32. The van der Waals surface area contributed by atoms with E-state index in [0.717, 1.165) is 35.9 Å². The van der Waals surface area contributed by atoms with Crippen LogP contribution in [0, 0.1) is 5.92 Å². The minimum absolute atomic E-state index is 0.110. The van der Waals surface area contributed by atoms with Gasteiger partial charge in [0.05, 0.1) is 19.1 Å². The van der Waals surface area contributed by atoms with Gasteiger partial charge >= 0.3 is 0 Å². The number of imide groups is 1. The van der Waals surface area contributed by atoms with E-state index in [0.29, 0.717) is 23.0 Å². The summed E-state index contributed by atoms with van der Waals surface area (Å²) < 4.78 is 10.5. The van der Waals surface area contributed by atoms with Gasteiger partial charge in [-0.3, -0.25) is 19.3 Å². The first-order valence-electron chi connectivity index (χ1n) is 9.69. The van der Waals surface area contributed by atoms with E-state index in [1.165, 1.54) is 13.5 Å². The number of benzene rings is 1. The van der Waals surface area contributed by atoms with Crippen LogP contribution in [0.25, 0.3) is 6.08 Å². The van der Waals surface area contributed by atoms with E-state index in [1.54, 1.807) is 31.4 Å². The van der Waals surface area contributed by atoms with Crippen molar-refractivity contribution < 1.29 is 23.9 Å². The maximum atomic E-state index is 12.7. The zero-order valence-corrected chi connectivity index (χ0v) is 17.7. The second-order valence-corrected chi connectivity index (χ2v) is 8.31. The molecule has 0 aromatic heterocycles. The number of nitrogens with zero attached hydrogens (tertiary/aromatic N) is 1. The molecule has 156 valence electrons. The number of thioether (sulfide) groups is 1. The molecule has 3 amide bonds. The fourth-order valence-electron chi connectivity index (χ4n) is 3.66. The molecule has 2 aliphatic rings. The fraction of sp³-hybridized carbons (Fsp3) is 0.476. The molecule has 0 spiro atoms. The van der Waals surface area contributed by atoms with Crippen LogP contribution in [-0.2, 0) is 9.59 Å². The number of hydrogen-bond acceptors (Lipinski definition) is 6. The number of amides is 3. The molecule has 0 radical (unpaired) electrons. The minimum Gasteiger partial charge on any atom is -0.493 e. The van der Waals surface area contributed by atoms with Crippen LogP contribution >= 0.6 is 11.8 Å². The molecule has 1 aromatic rings. The van der Waals surface area contributed by atoms with Crippen molar-refractivity contribution in [2.24, 2.45) is 5.92 Å². The van der Waals surface area contributed by atoms with Crippen molar-refractivity contribution in [3.8, 4) is 11.5 Å². The number of carbonyl (C=O) groups excluding carboxylic acids is 3. The summed E-state index contributed by atoms with van der Waals surface area (Å²) in [5, 5.41) is 2.55. The Bertz CT molecular complexity index is 838. The Morgan fingerprint density at radius 1 is 1.21 bits per heavy atom. The molecule has 29 heavy (non-hydrogen) atoms. The summed E-state index contributed by atoms with van der Waals surface area (Å²) in [5.74, 6) is 0.764. The Hall–Kier alpha value is -2.48. The standard InChI is InChI=1S/C21H26N2O5S/c1-13-6-4-5-7-15(13)22-19(24)12-23-20(25)18(29-21(23)26)11-14-8-9-16(27-2)17(10-14)28-3/h8-11,13,15H,4-7,12H2,1-3H3,(H,22,24)/b18-11-/t13-,15+/m1/s1. The van der Waals surface area contributed by atoms with Crippen molar-refractivity contribution in [1.82, 2.24) is 10.2 Å². The number of rotatable bonds is 6. The van der Waals surface area contributed by atoms with Gasteiger partial charge in [-0.2, -0.15) is 0 Å². The van der Waals surface area contributed by atoms with Gasteiger partial charge in [0, 0.05) is 6.04 Å². The van der Waals surface area contributed by atoms with E-state index < -0.39 is 11.1 Å². The summed E-state index contributed by atoms with van der Waals surface area (Å²) in [5.41, 5.74) is 0.702. The Balaban J connectivity index is 1.67. The summed E-state index contributed by atoms with van der Waals surface area (Å²) in [7, 11) is 3.07. The molecule has 0 unspecified atom stereocenters. The third-order valence-electron chi connectivity index (χ3n) is 5.34. The minimum atomic E-state index is -0.457. The summed E-state index contributed by atoms with van der Waals surface area (Å²) in [6, 6.07) is 5.34. The largest absolute Gasteiger partial charge is 0.493 e. The maximum absolute atomic E-state index is 12.7. The summed E-state index contributed by atoms with van der Waals surface area (Å²) in [4.78, 5) is 38.7. The van der Waals surface area contributed by atoms with Crippen LogP contribution in [0.5, 0.6) is 11.5 Å². The monoisotopic (exact) mass is 418 g/mol. The predicted octanol–water partition coefficient (Wildman–Crippen LogP) is 3.44. The summed E-state index contributed by atoms with van der Waals surface area (Å²) >= 11 is 0.835. The van der Waals surface area contributed by atoms with Gasteiger partial charge in [0.1, 0.15) is 6.54 Å². The van der Waals surface area contributed by atoms with E-state index in [-0.39, 0.29) is 23.4 Å². The highest BCUT2D eigenvalue weighted by atomic mass is 32.2. The lowest BCUT2D eigenvalue weighted by Crippen LogP contribution is -2.46. The molecule has 1 aliphatic carbocycles. The second kappa shape index (κ2) is 9.35. The first-order chi connectivity index (χ1) is 13.9. The highest BCUT2D eigenvalue weighted by molar-refractivity contribution is 8.18. The number of nitrogens with one attached hydrogen (secondary N) is 1. The lowest BCUT2D eigenvalue weighted by atomic mass is 9.86. The third kappa shape index (κ3) is 4.93.